The van der Waals surface area contributed by atoms with E-state index in [0.29, 0.717) is 16.8 Å². The highest BCUT2D eigenvalue weighted by Gasteiger charge is 2.30. The average Bonchev–Trinajstić information content (AvgIpc) is 2.61. The Balaban J connectivity index is 1.96. The number of anilines is 2. The summed E-state index contributed by atoms with van der Waals surface area (Å²) in [6, 6.07) is 14.5. The third-order valence-electron chi connectivity index (χ3n) is 3.88. The summed E-state index contributed by atoms with van der Waals surface area (Å²) in [4.78, 5) is 11.3. The minimum atomic E-state index is -4.45. The van der Waals surface area contributed by atoms with Gasteiger partial charge in [0.15, 0.2) is 0 Å². The smallest absolute Gasteiger partial charge is 0.416 e. The molecule has 3 aromatic carbocycles. The van der Waals surface area contributed by atoms with Gasteiger partial charge in [-0.2, -0.15) is 13.2 Å². The third-order valence-corrected chi connectivity index (χ3v) is 3.88. The lowest BCUT2D eigenvalue weighted by Gasteiger charge is -2.12. The molecule has 2 N–H and O–H groups in total. The number of rotatable bonds is 4. The van der Waals surface area contributed by atoms with Gasteiger partial charge in [-0.15, -0.1) is 0 Å². The standard InChI is InChI=1S/C20H13F4NO2/c21-15-7-8-17(19(26)27)18(11-15)25-16-6-2-4-13(10-16)12-3-1-5-14(9-12)20(22,23)24/h1-11,25H,(H,26,27). The van der Waals surface area contributed by atoms with Gasteiger partial charge in [-0.25, -0.2) is 9.18 Å². The van der Waals surface area contributed by atoms with Gasteiger partial charge in [0.1, 0.15) is 5.82 Å². The summed E-state index contributed by atoms with van der Waals surface area (Å²) in [6.45, 7) is 0. The number of hydrogen-bond donors (Lipinski definition) is 2. The van der Waals surface area contributed by atoms with Crippen LogP contribution >= 0.6 is 0 Å². The van der Waals surface area contributed by atoms with Crippen LogP contribution in [0, 0.1) is 5.82 Å². The number of carboxylic acids is 1. The number of carboxylic acid groups (broad SMARTS) is 1. The largest absolute Gasteiger partial charge is 0.478 e. The van der Waals surface area contributed by atoms with Crippen LogP contribution in [0.25, 0.3) is 11.1 Å². The fourth-order valence-corrected chi connectivity index (χ4v) is 2.61. The molecule has 0 saturated heterocycles. The molecule has 0 radical (unpaired) electrons. The maximum absolute atomic E-state index is 13.5. The lowest BCUT2D eigenvalue weighted by atomic mass is 10.0. The molecule has 0 amide bonds. The predicted octanol–water partition coefficient (Wildman–Crippen LogP) is 5.95. The van der Waals surface area contributed by atoms with E-state index < -0.39 is 23.5 Å². The molecule has 0 bridgehead atoms. The van der Waals surface area contributed by atoms with Gasteiger partial charge >= 0.3 is 12.1 Å². The van der Waals surface area contributed by atoms with E-state index in [-0.39, 0.29) is 11.3 Å². The summed E-state index contributed by atoms with van der Waals surface area (Å²) in [6.07, 6.45) is -4.45. The predicted molar refractivity (Wildman–Crippen MR) is 93.5 cm³/mol. The maximum atomic E-state index is 13.5. The van der Waals surface area contributed by atoms with E-state index in [9.17, 15) is 27.5 Å². The number of halogens is 4. The summed E-state index contributed by atoms with van der Waals surface area (Å²) >= 11 is 0. The van der Waals surface area contributed by atoms with Crippen molar-refractivity contribution >= 4 is 17.3 Å². The highest BCUT2D eigenvalue weighted by atomic mass is 19.4. The first-order valence-corrected chi connectivity index (χ1v) is 7.81. The Labute approximate surface area is 151 Å². The number of benzene rings is 3. The van der Waals surface area contributed by atoms with Gasteiger partial charge in [0.25, 0.3) is 0 Å². The van der Waals surface area contributed by atoms with E-state index in [1.165, 1.54) is 6.07 Å². The van der Waals surface area contributed by atoms with Gasteiger partial charge in [-0.05, 0) is 53.6 Å². The topological polar surface area (TPSA) is 49.3 Å². The van der Waals surface area contributed by atoms with E-state index in [4.69, 9.17) is 0 Å². The second-order valence-corrected chi connectivity index (χ2v) is 5.78. The monoisotopic (exact) mass is 375 g/mol. The lowest BCUT2D eigenvalue weighted by molar-refractivity contribution is -0.137. The van der Waals surface area contributed by atoms with E-state index in [1.54, 1.807) is 30.3 Å². The van der Waals surface area contributed by atoms with Crippen molar-refractivity contribution in [3.63, 3.8) is 0 Å². The highest BCUT2D eigenvalue weighted by Crippen LogP contribution is 2.33. The molecular weight excluding hydrogens is 362 g/mol. The zero-order valence-corrected chi connectivity index (χ0v) is 13.7. The van der Waals surface area contributed by atoms with Gasteiger partial charge in [0, 0.05) is 5.69 Å². The van der Waals surface area contributed by atoms with Crippen LogP contribution in [0.15, 0.2) is 66.7 Å². The third kappa shape index (κ3) is 4.25. The fourth-order valence-electron chi connectivity index (χ4n) is 2.61. The normalized spacial score (nSPS) is 11.3. The summed E-state index contributed by atoms with van der Waals surface area (Å²) in [5, 5.41) is 12.0. The molecule has 3 aromatic rings. The molecule has 0 unspecified atom stereocenters. The van der Waals surface area contributed by atoms with Crippen molar-refractivity contribution in [2.75, 3.05) is 5.32 Å². The van der Waals surface area contributed by atoms with Crippen LogP contribution in [0.2, 0.25) is 0 Å². The van der Waals surface area contributed by atoms with Crippen molar-refractivity contribution < 1.29 is 27.5 Å². The summed E-state index contributed by atoms with van der Waals surface area (Å²) in [7, 11) is 0. The zero-order chi connectivity index (χ0) is 19.6. The first-order chi connectivity index (χ1) is 12.7. The number of aromatic carboxylic acids is 1. The van der Waals surface area contributed by atoms with Crippen molar-refractivity contribution in [2.45, 2.75) is 6.18 Å². The van der Waals surface area contributed by atoms with Gasteiger partial charge in [0.05, 0.1) is 16.8 Å². The highest BCUT2D eigenvalue weighted by molar-refractivity contribution is 5.95. The number of carbonyl (C=O) groups is 1. The molecule has 7 heteroatoms. The van der Waals surface area contributed by atoms with Gasteiger partial charge in [0.2, 0.25) is 0 Å². The Hall–Kier alpha value is -3.35. The second-order valence-electron chi connectivity index (χ2n) is 5.78. The minimum Gasteiger partial charge on any atom is -0.478 e. The van der Waals surface area contributed by atoms with E-state index >= 15 is 0 Å². The first kappa shape index (κ1) is 18.4. The Kier molecular flexibility index (Phi) is 4.85. The Bertz CT molecular complexity index is 999. The van der Waals surface area contributed by atoms with Crippen molar-refractivity contribution in [3.8, 4) is 11.1 Å². The molecular formula is C20H13F4NO2. The molecule has 0 aliphatic carbocycles. The summed E-state index contributed by atoms with van der Waals surface area (Å²) < 4.78 is 52.2. The van der Waals surface area contributed by atoms with Crippen LogP contribution in [0.3, 0.4) is 0 Å². The van der Waals surface area contributed by atoms with Crippen LogP contribution in [-0.2, 0) is 6.18 Å². The van der Waals surface area contributed by atoms with Crippen LogP contribution in [0.5, 0.6) is 0 Å². The quantitative estimate of drug-likeness (QED) is 0.554. The second kappa shape index (κ2) is 7.11. The molecule has 0 spiro atoms. The molecule has 0 fully saturated rings. The van der Waals surface area contributed by atoms with Gasteiger partial charge < -0.3 is 10.4 Å². The van der Waals surface area contributed by atoms with Crippen LogP contribution in [0.1, 0.15) is 15.9 Å². The van der Waals surface area contributed by atoms with Crippen molar-refractivity contribution in [1.82, 2.24) is 0 Å². The van der Waals surface area contributed by atoms with Gasteiger partial charge in [-0.1, -0.05) is 24.3 Å². The first-order valence-electron chi connectivity index (χ1n) is 7.81. The number of nitrogens with one attached hydrogen (secondary N) is 1. The number of alkyl halides is 3. The SMILES string of the molecule is O=C(O)c1ccc(F)cc1Nc1cccc(-c2cccc(C(F)(F)F)c2)c1. The van der Waals surface area contributed by atoms with Crippen molar-refractivity contribution in [3.05, 3.63) is 83.7 Å². The van der Waals surface area contributed by atoms with E-state index in [1.807, 2.05) is 0 Å². The Morgan fingerprint density at radius 2 is 1.56 bits per heavy atom. The molecule has 0 aromatic heterocycles. The minimum absolute atomic E-state index is 0.0451. The summed E-state index contributed by atoms with van der Waals surface area (Å²) in [5.74, 6) is -1.84. The molecule has 0 aliphatic rings. The van der Waals surface area contributed by atoms with Crippen LogP contribution in [0.4, 0.5) is 28.9 Å². The molecule has 0 heterocycles. The molecule has 0 atom stereocenters. The van der Waals surface area contributed by atoms with E-state index in [0.717, 1.165) is 30.3 Å². The average molecular weight is 375 g/mol. The lowest BCUT2D eigenvalue weighted by Crippen LogP contribution is -2.04. The van der Waals surface area contributed by atoms with Gasteiger partial charge in [-0.3, -0.25) is 0 Å². The Morgan fingerprint density at radius 3 is 2.22 bits per heavy atom. The molecule has 3 nitrogen and oxygen atoms in total. The zero-order valence-electron chi connectivity index (χ0n) is 13.7. The molecule has 3 rings (SSSR count). The molecule has 0 saturated carbocycles. The maximum Gasteiger partial charge on any atom is 0.416 e. The molecule has 27 heavy (non-hydrogen) atoms. The number of hydrogen-bond acceptors (Lipinski definition) is 2. The molecule has 138 valence electrons. The fraction of sp³-hybridized carbons (Fsp3) is 0.0500. The Morgan fingerprint density at radius 1 is 0.889 bits per heavy atom. The summed E-state index contributed by atoms with van der Waals surface area (Å²) in [5.41, 5.74) is 0.421. The van der Waals surface area contributed by atoms with Crippen LogP contribution in [-0.4, -0.2) is 11.1 Å². The molecule has 0 aliphatic heterocycles. The van der Waals surface area contributed by atoms with Crippen LogP contribution < -0.4 is 5.32 Å². The van der Waals surface area contributed by atoms with E-state index in [2.05, 4.69) is 5.32 Å². The van der Waals surface area contributed by atoms with Crippen molar-refractivity contribution in [1.29, 1.82) is 0 Å². The van der Waals surface area contributed by atoms with Crippen molar-refractivity contribution in [2.24, 2.45) is 0 Å².